The first-order valence-corrected chi connectivity index (χ1v) is 19.4. The molecule has 0 aromatic heterocycles. The molecular formula is C38H63KO3S. The molecule has 2 aromatic rings. The van der Waals surface area contributed by atoms with E-state index in [9.17, 15) is 13.0 Å². The van der Waals surface area contributed by atoms with Crippen molar-refractivity contribution in [2.45, 2.75) is 186 Å². The molecule has 0 bridgehead atoms. The van der Waals surface area contributed by atoms with Crippen molar-refractivity contribution in [1.29, 1.82) is 0 Å². The molecule has 0 saturated heterocycles. The van der Waals surface area contributed by atoms with Gasteiger partial charge in [0.2, 0.25) is 0 Å². The van der Waals surface area contributed by atoms with Gasteiger partial charge in [0.25, 0.3) is 0 Å². The average Bonchev–Trinajstić information content (AvgIpc) is 2.97. The first kappa shape index (κ1) is 41.3. The predicted octanol–water partition coefficient (Wildman–Crippen LogP) is 9.24. The van der Waals surface area contributed by atoms with E-state index in [1.54, 1.807) is 6.07 Å². The van der Waals surface area contributed by atoms with Crippen LogP contribution >= 0.6 is 0 Å². The van der Waals surface area contributed by atoms with Crippen molar-refractivity contribution in [3.8, 4) is 0 Å². The van der Waals surface area contributed by atoms with Gasteiger partial charge in [-0.25, -0.2) is 8.42 Å². The first-order chi connectivity index (χ1) is 20.5. The number of hydrogen-bond acceptors (Lipinski definition) is 3. The molecule has 3 nitrogen and oxygen atoms in total. The van der Waals surface area contributed by atoms with E-state index in [2.05, 4.69) is 26.0 Å². The molecule has 0 amide bonds. The van der Waals surface area contributed by atoms with Gasteiger partial charge in [-0.3, -0.25) is 0 Å². The van der Waals surface area contributed by atoms with Crippen LogP contribution in [0.5, 0.6) is 0 Å². The molecule has 0 unspecified atom stereocenters. The number of rotatable bonds is 27. The summed E-state index contributed by atoms with van der Waals surface area (Å²) >= 11 is 0. The average molecular weight is 639 g/mol. The Morgan fingerprint density at radius 2 is 0.884 bits per heavy atom. The maximum atomic E-state index is 12.1. The molecule has 0 spiro atoms. The fourth-order valence-corrected chi connectivity index (χ4v) is 7.02. The van der Waals surface area contributed by atoms with Crippen LogP contribution in [0, 0.1) is 0 Å². The van der Waals surface area contributed by atoms with E-state index in [0.717, 1.165) is 36.6 Å². The minimum Gasteiger partial charge on any atom is -0.744 e. The van der Waals surface area contributed by atoms with Gasteiger partial charge in [0, 0.05) is 0 Å². The Labute approximate surface area is 309 Å². The first-order valence-electron chi connectivity index (χ1n) is 18.0. The van der Waals surface area contributed by atoms with Crippen LogP contribution in [-0.2, 0) is 23.0 Å². The summed E-state index contributed by atoms with van der Waals surface area (Å²) in [7, 11) is -4.51. The third kappa shape index (κ3) is 18.9. The van der Waals surface area contributed by atoms with E-state index in [4.69, 9.17) is 0 Å². The van der Waals surface area contributed by atoms with Crippen LogP contribution in [0.4, 0.5) is 0 Å². The Kier molecular flexibility index (Phi) is 25.3. The number of unbranched alkanes of at least 4 members (excludes halogenated alkanes) is 22. The van der Waals surface area contributed by atoms with Gasteiger partial charge in [-0.05, 0) is 59.7 Å². The quantitative estimate of drug-likeness (QED) is 0.0557. The Morgan fingerprint density at radius 1 is 0.488 bits per heavy atom. The zero-order chi connectivity index (χ0) is 30.3. The van der Waals surface area contributed by atoms with Crippen LogP contribution in [0.1, 0.15) is 179 Å². The van der Waals surface area contributed by atoms with E-state index in [-0.39, 0.29) is 56.3 Å². The van der Waals surface area contributed by atoms with Gasteiger partial charge < -0.3 is 4.55 Å². The third-order valence-electron chi connectivity index (χ3n) is 9.02. The molecule has 0 fully saturated rings. The summed E-state index contributed by atoms with van der Waals surface area (Å²) < 4.78 is 36.2. The Morgan fingerprint density at radius 3 is 1.30 bits per heavy atom. The van der Waals surface area contributed by atoms with Gasteiger partial charge >= 0.3 is 51.4 Å². The molecule has 0 aliphatic rings. The van der Waals surface area contributed by atoms with Gasteiger partial charge in [0.1, 0.15) is 10.1 Å². The summed E-state index contributed by atoms with van der Waals surface area (Å²) in [6, 6.07) is 9.61. The molecule has 0 N–H and O–H groups in total. The van der Waals surface area contributed by atoms with Crippen molar-refractivity contribution in [2.24, 2.45) is 0 Å². The third-order valence-corrected chi connectivity index (χ3v) is 9.91. The number of aryl methyl sites for hydroxylation is 2. The fraction of sp³-hybridized carbons (Fsp3) is 0.737. The molecule has 43 heavy (non-hydrogen) atoms. The van der Waals surface area contributed by atoms with Crippen LogP contribution < -0.4 is 51.4 Å². The van der Waals surface area contributed by atoms with E-state index in [1.165, 1.54) is 147 Å². The zero-order valence-corrected chi connectivity index (χ0v) is 32.3. The summed E-state index contributed by atoms with van der Waals surface area (Å²) in [4.78, 5) is -0.0625. The second-order valence-electron chi connectivity index (χ2n) is 12.8. The molecule has 0 radical (unpaired) electrons. The molecule has 2 aromatic carbocycles. The molecule has 0 heterocycles. The van der Waals surface area contributed by atoms with Crippen LogP contribution in [-0.4, -0.2) is 13.0 Å². The summed E-state index contributed by atoms with van der Waals surface area (Å²) in [5.41, 5.74) is 2.31. The van der Waals surface area contributed by atoms with Gasteiger partial charge in [0.15, 0.2) is 0 Å². The standard InChI is InChI=1S/C38H64O3S.K/c1-3-5-7-9-11-13-15-17-19-21-23-25-27-34-29-31-36-35(30-32-38(37(36)33-34)42(39,40)41)28-26-24-22-20-18-16-14-12-10-8-6-4-2;/h29-33H,3-28H2,1-2H3,(H,39,40,41);/q;+1/p-1. The maximum absolute atomic E-state index is 12.1. The number of fused-ring (bicyclic) bond motifs is 1. The SMILES string of the molecule is CCCCCCCCCCCCCCc1ccc2c(CCCCCCCCCCCCCC)ccc(S(=O)(=O)[O-])c2c1.[K+]. The van der Waals surface area contributed by atoms with E-state index < -0.39 is 10.1 Å². The summed E-state index contributed by atoms with van der Waals surface area (Å²) in [6.45, 7) is 4.54. The van der Waals surface area contributed by atoms with E-state index >= 15 is 0 Å². The topological polar surface area (TPSA) is 57.2 Å². The van der Waals surface area contributed by atoms with Gasteiger partial charge in [-0.15, -0.1) is 0 Å². The number of benzene rings is 2. The minimum absolute atomic E-state index is 0. The zero-order valence-electron chi connectivity index (χ0n) is 28.4. The van der Waals surface area contributed by atoms with Crippen molar-refractivity contribution < 1.29 is 64.4 Å². The summed E-state index contributed by atoms with van der Waals surface area (Å²) in [5.74, 6) is 0. The van der Waals surface area contributed by atoms with E-state index in [0.29, 0.717) is 5.39 Å². The van der Waals surface area contributed by atoms with Gasteiger partial charge in [0.05, 0.1) is 4.90 Å². The van der Waals surface area contributed by atoms with Crippen LogP contribution in [0.3, 0.4) is 0 Å². The second kappa shape index (κ2) is 26.3. The van der Waals surface area contributed by atoms with Crippen LogP contribution in [0.25, 0.3) is 10.8 Å². The normalized spacial score (nSPS) is 11.7. The van der Waals surface area contributed by atoms with Gasteiger partial charge in [-0.1, -0.05) is 173 Å². The monoisotopic (exact) mass is 638 g/mol. The van der Waals surface area contributed by atoms with Crippen molar-refractivity contribution >= 4 is 20.9 Å². The Bertz CT molecular complexity index is 1070. The summed E-state index contributed by atoms with van der Waals surface area (Å²) in [5, 5.41) is 1.56. The maximum Gasteiger partial charge on any atom is 1.00 e. The van der Waals surface area contributed by atoms with Gasteiger partial charge in [-0.2, -0.15) is 0 Å². The Balaban J connectivity index is 0.00000924. The van der Waals surface area contributed by atoms with Crippen LogP contribution in [0.2, 0.25) is 0 Å². The molecule has 0 aliphatic carbocycles. The predicted molar refractivity (Wildman–Crippen MR) is 181 cm³/mol. The summed E-state index contributed by atoms with van der Waals surface area (Å²) in [6.07, 6.45) is 33.6. The van der Waals surface area contributed by atoms with Crippen molar-refractivity contribution in [1.82, 2.24) is 0 Å². The van der Waals surface area contributed by atoms with Crippen molar-refractivity contribution in [2.75, 3.05) is 0 Å². The number of hydrogen-bond donors (Lipinski definition) is 0. The largest absolute Gasteiger partial charge is 1.00 e. The van der Waals surface area contributed by atoms with Crippen molar-refractivity contribution in [3.05, 3.63) is 41.5 Å². The molecular weight excluding hydrogens is 576 g/mol. The van der Waals surface area contributed by atoms with E-state index in [1.807, 2.05) is 12.1 Å². The molecule has 0 aliphatic heterocycles. The molecule has 240 valence electrons. The second-order valence-corrected chi connectivity index (χ2v) is 14.2. The minimum atomic E-state index is -4.51. The van der Waals surface area contributed by atoms with Crippen molar-refractivity contribution in [3.63, 3.8) is 0 Å². The molecule has 2 rings (SSSR count). The molecule has 0 saturated carbocycles. The molecule has 5 heteroatoms. The smallest absolute Gasteiger partial charge is 0.744 e. The molecule has 0 atom stereocenters. The Hall–Kier alpha value is 0.246. The fourth-order valence-electron chi connectivity index (χ4n) is 6.35. The van der Waals surface area contributed by atoms with Crippen LogP contribution in [0.15, 0.2) is 35.2 Å².